The first-order chi connectivity index (χ1) is 13.6. The highest BCUT2D eigenvalue weighted by molar-refractivity contribution is 6.04. The van der Waals surface area contributed by atoms with Crippen molar-refractivity contribution in [2.45, 2.75) is 70.8 Å². The molecule has 2 saturated heterocycles. The van der Waals surface area contributed by atoms with Crippen molar-refractivity contribution in [1.29, 1.82) is 0 Å². The third-order valence-corrected chi connectivity index (χ3v) is 6.88. The zero-order chi connectivity index (χ0) is 19.5. The number of carbonyl (C=O) groups excluding carboxylic acids is 2. The Morgan fingerprint density at radius 2 is 1.68 bits per heavy atom. The monoisotopic (exact) mass is 383 g/mol. The number of likely N-dealkylation sites (tertiary alicyclic amines) is 2. The maximum Gasteiger partial charge on any atom is 0.322 e. The van der Waals surface area contributed by atoms with Crippen LogP contribution in [0.1, 0.15) is 73.7 Å². The number of amides is 3. The van der Waals surface area contributed by atoms with Gasteiger partial charge >= 0.3 is 6.03 Å². The standard InChI is InChI=1S/C23H33N3O2/c1-17-9-7-12-19(21(17)22(27)25-14-5-6-15-25)24-23(28)26-16-8-13-20(26)18-10-3-2-4-11-18/h7,9,12,18,20H,2-6,8,10-11,13-16H2,1H3,(H,24,28)/t20-/m0/s1. The van der Waals surface area contributed by atoms with Crippen molar-refractivity contribution >= 4 is 17.6 Å². The minimum Gasteiger partial charge on any atom is -0.339 e. The molecule has 1 atom stereocenters. The SMILES string of the molecule is Cc1cccc(NC(=O)N2CCC[C@H]2C2CCCCC2)c1C(=O)N1CCCC1. The molecule has 0 radical (unpaired) electrons. The Kier molecular flexibility index (Phi) is 5.88. The summed E-state index contributed by atoms with van der Waals surface area (Å²) in [7, 11) is 0. The van der Waals surface area contributed by atoms with E-state index in [2.05, 4.69) is 5.32 Å². The zero-order valence-corrected chi connectivity index (χ0v) is 17.1. The fourth-order valence-corrected chi connectivity index (χ4v) is 5.37. The van der Waals surface area contributed by atoms with E-state index in [9.17, 15) is 9.59 Å². The average molecular weight is 384 g/mol. The molecule has 3 amide bonds. The summed E-state index contributed by atoms with van der Waals surface area (Å²) >= 11 is 0. The lowest BCUT2D eigenvalue weighted by molar-refractivity contribution is 0.0793. The highest BCUT2D eigenvalue weighted by Crippen LogP contribution is 2.35. The van der Waals surface area contributed by atoms with E-state index < -0.39 is 0 Å². The van der Waals surface area contributed by atoms with Crippen LogP contribution in [-0.2, 0) is 0 Å². The lowest BCUT2D eigenvalue weighted by Gasteiger charge is -2.34. The number of hydrogen-bond acceptors (Lipinski definition) is 2. The van der Waals surface area contributed by atoms with E-state index in [1.807, 2.05) is 34.9 Å². The summed E-state index contributed by atoms with van der Waals surface area (Å²) in [6, 6.07) is 6.09. The maximum atomic E-state index is 13.2. The number of benzene rings is 1. The van der Waals surface area contributed by atoms with Crippen LogP contribution < -0.4 is 5.32 Å². The van der Waals surface area contributed by atoms with Crippen LogP contribution in [0.25, 0.3) is 0 Å². The smallest absolute Gasteiger partial charge is 0.322 e. The van der Waals surface area contributed by atoms with Gasteiger partial charge in [0, 0.05) is 25.7 Å². The van der Waals surface area contributed by atoms with Gasteiger partial charge < -0.3 is 15.1 Å². The predicted octanol–water partition coefficient (Wildman–Crippen LogP) is 4.81. The molecule has 5 nitrogen and oxygen atoms in total. The van der Waals surface area contributed by atoms with Crippen molar-refractivity contribution in [3.63, 3.8) is 0 Å². The molecule has 1 N–H and O–H groups in total. The summed E-state index contributed by atoms with van der Waals surface area (Å²) in [4.78, 5) is 30.2. The maximum absolute atomic E-state index is 13.2. The largest absolute Gasteiger partial charge is 0.339 e. The third kappa shape index (κ3) is 3.89. The molecule has 1 aromatic rings. The van der Waals surface area contributed by atoms with Gasteiger partial charge in [-0.25, -0.2) is 4.79 Å². The van der Waals surface area contributed by atoms with E-state index in [-0.39, 0.29) is 11.9 Å². The van der Waals surface area contributed by atoms with Crippen molar-refractivity contribution in [1.82, 2.24) is 9.80 Å². The highest BCUT2D eigenvalue weighted by Gasteiger charge is 2.35. The van der Waals surface area contributed by atoms with Crippen LogP contribution in [-0.4, -0.2) is 47.4 Å². The molecule has 5 heteroatoms. The van der Waals surface area contributed by atoms with Gasteiger partial charge in [-0.05, 0) is 63.0 Å². The van der Waals surface area contributed by atoms with Gasteiger partial charge in [0.25, 0.3) is 5.91 Å². The first-order valence-corrected chi connectivity index (χ1v) is 11.1. The number of hydrogen-bond donors (Lipinski definition) is 1. The molecule has 0 spiro atoms. The molecule has 0 unspecified atom stereocenters. The Morgan fingerprint density at radius 1 is 0.929 bits per heavy atom. The molecule has 1 aromatic carbocycles. The molecule has 1 saturated carbocycles. The second-order valence-electron chi connectivity index (χ2n) is 8.73. The highest BCUT2D eigenvalue weighted by atomic mass is 16.2. The lowest BCUT2D eigenvalue weighted by Crippen LogP contribution is -2.43. The number of nitrogens with one attached hydrogen (secondary N) is 1. The van der Waals surface area contributed by atoms with E-state index in [0.717, 1.165) is 50.9 Å². The summed E-state index contributed by atoms with van der Waals surface area (Å²) < 4.78 is 0. The van der Waals surface area contributed by atoms with Crippen molar-refractivity contribution in [3.8, 4) is 0 Å². The van der Waals surface area contributed by atoms with Crippen LogP contribution in [0.5, 0.6) is 0 Å². The summed E-state index contributed by atoms with van der Waals surface area (Å²) in [6.45, 7) is 4.42. The molecular formula is C23H33N3O2. The molecule has 0 bridgehead atoms. The molecule has 2 aliphatic heterocycles. The van der Waals surface area contributed by atoms with Crippen LogP contribution in [0.15, 0.2) is 18.2 Å². The van der Waals surface area contributed by atoms with E-state index in [0.29, 0.717) is 23.2 Å². The summed E-state index contributed by atoms with van der Waals surface area (Å²) in [6.07, 6.45) is 10.8. The fourth-order valence-electron chi connectivity index (χ4n) is 5.37. The van der Waals surface area contributed by atoms with Crippen LogP contribution in [0.3, 0.4) is 0 Å². The molecule has 4 rings (SSSR count). The second kappa shape index (κ2) is 8.54. The Morgan fingerprint density at radius 3 is 2.43 bits per heavy atom. The summed E-state index contributed by atoms with van der Waals surface area (Å²) in [5.74, 6) is 0.696. The molecule has 152 valence electrons. The number of carbonyl (C=O) groups is 2. The Balaban J connectivity index is 1.51. The van der Waals surface area contributed by atoms with Crippen LogP contribution in [0.2, 0.25) is 0 Å². The Bertz CT molecular complexity index is 721. The molecule has 3 fully saturated rings. The topological polar surface area (TPSA) is 52.7 Å². The van der Waals surface area contributed by atoms with Crippen molar-refractivity contribution in [3.05, 3.63) is 29.3 Å². The lowest BCUT2D eigenvalue weighted by atomic mass is 9.83. The number of nitrogens with zero attached hydrogens (tertiary/aromatic N) is 2. The van der Waals surface area contributed by atoms with Crippen LogP contribution in [0, 0.1) is 12.8 Å². The summed E-state index contributed by atoms with van der Waals surface area (Å²) in [5, 5.41) is 3.11. The number of aryl methyl sites for hydroxylation is 1. The van der Waals surface area contributed by atoms with Gasteiger partial charge in [-0.2, -0.15) is 0 Å². The van der Waals surface area contributed by atoms with Crippen molar-refractivity contribution < 1.29 is 9.59 Å². The van der Waals surface area contributed by atoms with Crippen molar-refractivity contribution in [2.75, 3.05) is 25.0 Å². The Hall–Kier alpha value is -2.04. The molecule has 2 heterocycles. The zero-order valence-electron chi connectivity index (χ0n) is 17.1. The molecule has 1 aliphatic carbocycles. The van der Waals surface area contributed by atoms with Gasteiger partial charge in [-0.15, -0.1) is 0 Å². The fraction of sp³-hybridized carbons (Fsp3) is 0.652. The van der Waals surface area contributed by atoms with Gasteiger partial charge in [-0.3, -0.25) is 4.79 Å². The molecule has 0 aromatic heterocycles. The average Bonchev–Trinajstić information content (AvgIpc) is 3.40. The van der Waals surface area contributed by atoms with Gasteiger partial charge in [0.05, 0.1) is 11.3 Å². The minimum atomic E-state index is -0.0332. The number of rotatable bonds is 3. The van der Waals surface area contributed by atoms with Gasteiger partial charge in [0.15, 0.2) is 0 Å². The van der Waals surface area contributed by atoms with Crippen LogP contribution >= 0.6 is 0 Å². The normalized spacial score (nSPS) is 23.2. The first-order valence-electron chi connectivity index (χ1n) is 11.1. The molecule has 3 aliphatic rings. The van der Waals surface area contributed by atoms with E-state index in [1.165, 1.54) is 32.1 Å². The van der Waals surface area contributed by atoms with Crippen molar-refractivity contribution in [2.24, 2.45) is 5.92 Å². The van der Waals surface area contributed by atoms with Gasteiger partial charge in [0.1, 0.15) is 0 Å². The first kappa shape index (κ1) is 19.3. The van der Waals surface area contributed by atoms with Gasteiger partial charge in [0.2, 0.25) is 0 Å². The Labute approximate surface area is 168 Å². The predicted molar refractivity (Wildman–Crippen MR) is 112 cm³/mol. The minimum absolute atomic E-state index is 0.0332. The number of anilines is 1. The van der Waals surface area contributed by atoms with E-state index in [4.69, 9.17) is 0 Å². The quantitative estimate of drug-likeness (QED) is 0.814. The van der Waals surface area contributed by atoms with E-state index >= 15 is 0 Å². The molecular weight excluding hydrogens is 350 g/mol. The number of urea groups is 1. The van der Waals surface area contributed by atoms with Gasteiger partial charge in [-0.1, -0.05) is 31.4 Å². The summed E-state index contributed by atoms with van der Waals surface area (Å²) in [5.41, 5.74) is 2.25. The molecule has 28 heavy (non-hydrogen) atoms. The second-order valence-corrected chi connectivity index (χ2v) is 8.73. The van der Waals surface area contributed by atoms with Crippen LogP contribution in [0.4, 0.5) is 10.5 Å². The van der Waals surface area contributed by atoms with E-state index in [1.54, 1.807) is 0 Å². The third-order valence-electron chi connectivity index (χ3n) is 6.88.